The molecule has 2 rings (SSSR count). The zero-order valence-electron chi connectivity index (χ0n) is 9.57. The Bertz CT molecular complexity index is 260. The van der Waals surface area contributed by atoms with E-state index in [4.69, 9.17) is 4.74 Å². The second-order valence-corrected chi connectivity index (χ2v) is 5.78. The third kappa shape index (κ3) is 2.36. The number of rotatable bonds is 4. The van der Waals surface area contributed by atoms with Crippen molar-refractivity contribution in [3.63, 3.8) is 0 Å². The second kappa shape index (κ2) is 4.94. The number of ether oxygens (including phenoxy) is 1. The van der Waals surface area contributed by atoms with E-state index in [1.807, 2.05) is 6.92 Å². The molecule has 2 N–H and O–H groups in total. The van der Waals surface area contributed by atoms with Crippen molar-refractivity contribution in [1.82, 2.24) is 5.32 Å². The minimum Gasteiger partial charge on any atom is -0.480 e. The van der Waals surface area contributed by atoms with Gasteiger partial charge in [-0.05, 0) is 31.9 Å². The molecule has 3 atom stereocenters. The molecule has 5 heteroatoms. The Balaban J connectivity index is 1.97. The molecule has 0 saturated carbocycles. The van der Waals surface area contributed by atoms with Gasteiger partial charge in [-0.15, -0.1) is 0 Å². The lowest BCUT2D eigenvalue weighted by molar-refractivity contribution is -0.144. The molecule has 3 unspecified atom stereocenters. The number of carbonyl (C=O) groups is 1. The van der Waals surface area contributed by atoms with Crippen molar-refractivity contribution in [2.75, 3.05) is 18.1 Å². The summed E-state index contributed by atoms with van der Waals surface area (Å²) in [6.45, 7) is 2.84. The van der Waals surface area contributed by atoms with Gasteiger partial charge in [0.25, 0.3) is 0 Å². The van der Waals surface area contributed by atoms with Gasteiger partial charge in [-0.2, -0.15) is 11.8 Å². The maximum atomic E-state index is 11.4. The van der Waals surface area contributed by atoms with Crippen LogP contribution in [0.15, 0.2) is 0 Å². The minimum atomic E-state index is -0.726. The number of carboxylic acid groups (broad SMARTS) is 1. The monoisotopic (exact) mass is 245 g/mol. The Morgan fingerprint density at radius 2 is 2.50 bits per heavy atom. The zero-order valence-corrected chi connectivity index (χ0v) is 10.4. The summed E-state index contributed by atoms with van der Waals surface area (Å²) in [7, 11) is 0. The smallest absolute Gasteiger partial charge is 0.324 e. The van der Waals surface area contributed by atoms with Gasteiger partial charge in [0.15, 0.2) is 0 Å². The van der Waals surface area contributed by atoms with E-state index in [1.165, 1.54) is 0 Å². The van der Waals surface area contributed by atoms with Crippen LogP contribution in [-0.2, 0) is 9.53 Å². The Morgan fingerprint density at radius 3 is 3.00 bits per heavy atom. The molecule has 0 radical (unpaired) electrons. The molecule has 2 heterocycles. The summed E-state index contributed by atoms with van der Waals surface area (Å²) in [6, 6.07) is 0.123. The topological polar surface area (TPSA) is 58.6 Å². The molecule has 0 amide bonds. The first-order valence-corrected chi connectivity index (χ1v) is 7.00. The number of hydrogen-bond acceptors (Lipinski definition) is 4. The molecule has 16 heavy (non-hydrogen) atoms. The first-order chi connectivity index (χ1) is 7.64. The average Bonchev–Trinajstić information content (AvgIpc) is 2.88. The number of aliphatic carboxylic acids is 1. The van der Waals surface area contributed by atoms with Crippen LogP contribution < -0.4 is 5.32 Å². The maximum Gasteiger partial charge on any atom is 0.324 e. The molecule has 0 aromatic heterocycles. The Labute approximate surface area is 100 Å². The van der Waals surface area contributed by atoms with Crippen LogP contribution in [0.25, 0.3) is 0 Å². The fraction of sp³-hybridized carbons (Fsp3) is 0.909. The molecule has 0 aromatic rings. The molecule has 2 aliphatic heterocycles. The fourth-order valence-corrected chi connectivity index (χ4v) is 3.77. The van der Waals surface area contributed by atoms with E-state index in [0.717, 1.165) is 25.2 Å². The third-order valence-electron chi connectivity index (χ3n) is 3.46. The molecule has 2 saturated heterocycles. The molecule has 92 valence electrons. The van der Waals surface area contributed by atoms with Crippen molar-refractivity contribution in [3.05, 3.63) is 0 Å². The summed E-state index contributed by atoms with van der Waals surface area (Å²) >= 11 is 1.71. The van der Waals surface area contributed by atoms with Crippen molar-refractivity contribution < 1.29 is 14.6 Å². The summed E-state index contributed by atoms with van der Waals surface area (Å²) in [4.78, 5) is 11.4. The van der Waals surface area contributed by atoms with Crippen molar-refractivity contribution >= 4 is 17.7 Å². The van der Waals surface area contributed by atoms with Crippen LogP contribution in [0.3, 0.4) is 0 Å². The van der Waals surface area contributed by atoms with E-state index in [2.05, 4.69) is 5.32 Å². The maximum absolute atomic E-state index is 11.4. The first-order valence-electron chi connectivity index (χ1n) is 5.84. The van der Waals surface area contributed by atoms with Crippen molar-refractivity contribution in [3.8, 4) is 0 Å². The molecule has 0 spiro atoms. The van der Waals surface area contributed by atoms with E-state index in [1.54, 1.807) is 11.8 Å². The number of hydrogen-bond donors (Lipinski definition) is 2. The highest BCUT2D eigenvalue weighted by Gasteiger charge is 2.43. The summed E-state index contributed by atoms with van der Waals surface area (Å²) in [5, 5.41) is 12.6. The highest BCUT2D eigenvalue weighted by Crippen LogP contribution is 2.30. The van der Waals surface area contributed by atoms with Gasteiger partial charge in [0.1, 0.15) is 5.54 Å². The average molecular weight is 245 g/mol. The largest absolute Gasteiger partial charge is 0.480 e. The van der Waals surface area contributed by atoms with Crippen LogP contribution in [0.1, 0.15) is 26.2 Å². The van der Waals surface area contributed by atoms with E-state index in [9.17, 15) is 9.90 Å². The summed E-state index contributed by atoms with van der Waals surface area (Å²) in [5.41, 5.74) is -0.726. The lowest BCUT2D eigenvalue weighted by Gasteiger charge is -2.31. The summed E-state index contributed by atoms with van der Waals surface area (Å²) in [5.74, 6) is 0.874. The lowest BCUT2D eigenvalue weighted by atomic mass is 9.96. The van der Waals surface area contributed by atoms with Crippen LogP contribution in [0, 0.1) is 0 Å². The quantitative estimate of drug-likeness (QED) is 0.777. The highest BCUT2D eigenvalue weighted by atomic mass is 32.2. The van der Waals surface area contributed by atoms with E-state index < -0.39 is 11.5 Å². The molecule has 2 fully saturated rings. The lowest BCUT2D eigenvalue weighted by Crippen LogP contribution is -2.58. The van der Waals surface area contributed by atoms with Crippen molar-refractivity contribution in [1.29, 1.82) is 0 Å². The van der Waals surface area contributed by atoms with Crippen LogP contribution in [0.4, 0.5) is 0 Å². The fourth-order valence-electron chi connectivity index (χ4n) is 2.43. The molecule has 2 aliphatic rings. The standard InChI is InChI=1S/C11H19NO3S/c1-8(9-3-2-5-15-9)12-11(10(13)14)4-6-16-7-11/h8-9,12H,2-7H2,1H3,(H,13,14). The zero-order chi connectivity index (χ0) is 11.6. The third-order valence-corrected chi connectivity index (χ3v) is 4.65. The normalized spacial score (nSPS) is 36.4. The predicted molar refractivity (Wildman–Crippen MR) is 63.9 cm³/mol. The van der Waals surface area contributed by atoms with Crippen molar-refractivity contribution in [2.24, 2.45) is 0 Å². The van der Waals surface area contributed by atoms with Crippen LogP contribution in [-0.4, -0.2) is 46.9 Å². The molecular weight excluding hydrogens is 226 g/mol. The summed E-state index contributed by atoms with van der Waals surface area (Å²) in [6.07, 6.45) is 3.02. The molecule has 0 aliphatic carbocycles. The van der Waals surface area contributed by atoms with Gasteiger partial charge in [0.2, 0.25) is 0 Å². The van der Waals surface area contributed by atoms with Gasteiger partial charge in [0.05, 0.1) is 6.10 Å². The Hall–Kier alpha value is -0.260. The van der Waals surface area contributed by atoms with Gasteiger partial charge in [-0.25, -0.2) is 0 Å². The minimum absolute atomic E-state index is 0.123. The second-order valence-electron chi connectivity index (χ2n) is 4.67. The predicted octanol–water partition coefficient (Wildman–Crippen LogP) is 1.10. The van der Waals surface area contributed by atoms with Gasteiger partial charge in [0, 0.05) is 18.4 Å². The first kappa shape index (κ1) is 12.2. The molecule has 0 bridgehead atoms. The molecular formula is C11H19NO3S. The van der Waals surface area contributed by atoms with E-state index >= 15 is 0 Å². The molecule has 4 nitrogen and oxygen atoms in total. The number of carboxylic acids is 1. The van der Waals surface area contributed by atoms with E-state index in [0.29, 0.717) is 12.2 Å². The van der Waals surface area contributed by atoms with Crippen molar-refractivity contribution in [2.45, 2.75) is 43.9 Å². The van der Waals surface area contributed by atoms with E-state index in [-0.39, 0.29) is 12.1 Å². The van der Waals surface area contributed by atoms with Gasteiger partial charge < -0.3 is 9.84 Å². The van der Waals surface area contributed by atoms with Crippen LogP contribution >= 0.6 is 11.8 Å². The van der Waals surface area contributed by atoms with Gasteiger partial charge in [-0.1, -0.05) is 0 Å². The number of thioether (sulfide) groups is 1. The highest BCUT2D eigenvalue weighted by molar-refractivity contribution is 7.99. The Morgan fingerprint density at radius 1 is 1.69 bits per heavy atom. The van der Waals surface area contributed by atoms with Crippen LogP contribution in [0.2, 0.25) is 0 Å². The SMILES string of the molecule is CC(NC1(C(=O)O)CCSC1)C1CCCO1. The van der Waals surface area contributed by atoms with Gasteiger partial charge in [-0.3, -0.25) is 10.1 Å². The Kier molecular flexibility index (Phi) is 3.77. The van der Waals surface area contributed by atoms with Crippen LogP contribution in [0.5, 0.6) is 0 Å². The molecule has 0 aromatic carbocycles. The number of nitrogens with one attached hydrogen (secondary N) is 1. The van der Waals surface area contributed by atoms with Gasteiger partial charge >= 0.3 is 5.97 Å². The summed E-state index contributed by atoms with van der Waals surface area (Å²) < 4.78 is 5.59.